The lowest BCUT2D eigenvalue weighted by molar-refractivity contribution is -0.139. The molecule has 1 saturated carbocycles. The molecule has 3 aromatic carbocycles. The Balaban J connectivity index is 1.66. The quantitative estimate of drug-likeness (QED) is 0.311. The highest BCUT2D eigenvalue weighted by Crippen LogP contribution is 2.26. The van der Waals surface area contributed by atoms with Crippen LogP contribution in [0, 0.1) is 13.8 Å². The van der Waals surface area contributed by atoms with Crippen molar-refractivity contribution in [2.24, 2.45) is 0 Å². The van der Waals surface area contributed by atoms with E-state index in [9.17, 15) is 18.0 Å². The van der Waals surface area contributed by atoms with Gasteiger partial charge in [0.1, 0.15) is 12.6 Å². The van der Waals surface area contributed by atoms with Gasteiger partial charge >= 0.3 is 0 Å². The van der Waals surface area contributed by atoms with Crippen LogP contribution in [0.25, 0.3) is 0 Å². The predicted octanol–water partition coefficient (Wildman–Crippen LogP) is 6.02. The molecule has 0 aromatic heterocycles. The number of carbonyl (C=O) groups is 2. The lowest BCUT2D eigenvalue weighted by Gasteiger charge is -2.33. The monoisotopic (exact) mass is 595 g/mol. The molecule has 218 valence electrons. The molecule has 4 rings (SSSR count). The Bertz CT molecular complexity index is 1440. The van der Waals surface area contributed by atoms with Crippen molar-refractivity contribution in [1.82, 2.24) is 10.2 Å². The fraction of sp³-hybridized carbons (Fsp3) is 0.375. The summed E-state index contributed by atoms with van der Waals surface area (Å²) in [5.74, 6) is -0.713. The Hall–Kier alpha value is -3.36. The van der Waals surface area contributed by atoms with Crippen LogP contribution >= 0.6 is 11.6 Å². The van der Waals surface area contributed by atoms with Crippen molar-refractivity contribution < 1.29 is 18.0 Å². The van der Waals surface area contributed by atoms with E-state index >= 15 is 0 Å². The first-order chi connectivity index (χ1) is 19.5. The number of sulfonamides is 1. The van der Waals surface area contributed by atoms with Crippen LogP contribution < -0.4 is 9.62 Å². The van der Waals surface area contributed by atoms with Gasteiger partial charge in [-0.2, -0.15) is 0 Å². The standard InChI is InChI=1S/C32H38ClN3O4S/c1-23-9-13-26(14-10-23)21-35(25(3)32(38)34-28-7-5-4-6-8-28)31(37)22-36(29-17-11-24(2)12-18-29)41(39,40)30-19-15-27(33)16-20-30/h9-20,25,28H,4-8,21-22H2,1-3H3,(H,34,38)/t25-/m0/s1. The van der Waals surface area contributed by atoms with Crippen LogP contribution in [0.2, 0.25) is 5.02 Å². The fourth-order valence-electron chi connectivity index (χ4n) is 5.02. The number of rotatable bonds is 10. The van der Waals surface area contributed by atoms with E-state index in [1.807, 2.05) is 38.1 Å². The van der Waals surface area contributed by atoms with Crippen LogP contribution in [0.3, 0.4) is 0 Å². The Morgan fingerprint density at radius 3 is 2.02 bits per heavy atom. The molecule has 1 fully saturated rings. The molecule has 1 N–H and O–H groups in total. The van der Waals surface area contributed by atoms with E-state index in [1.165, 1.54) is 29.2 Å². The molecule has 0 unspecified atom stereocenters. The van der Waals surface area contributed by atoms with E-state index in [-0.39, 0.29) is 23.4 Å². The van der Waals surface area contributed by atoms with Gasteiger partial charge in [0.05, 0.1) is 10.6 Å². The maximum absolute atomic E-state index is 14.1. The summed E-state index contributed by atoms with van der Waals surface area (Å²) in [6.07, 6.45) is 5.14. The number of anilines is 1. The molecular formula is C32H38ClN3O4S. The lowest BCUT2D eigenvalue weighted by Crippen LogP contribution is -2.53. The first-order valence-corrected chi connectivity index (χ1v) is 15.9. The summed E-state index contributed by atoms with van der Waals surface area (Å²) >= 11 is 6.02. The van der Waals surface area contributed by atoms with E-state index < -0.39 is 28.5 Å². The summed E-state index contributed by atoms with van der Waals surface area (Å²) < 4.78 is 28.9. The van der Waals surface area contributed by atoms with Gasteiger partial charge in [-0.25, -0.2) is 8.42 Å². The molecule has 0 aliphatic heterocycles. The van der Waals surface area contributed by atoms with Gasteiger partial charge in [-0.05, 0) is 75.6 Å². The van der Waals surface area contributed by atoms with E-state index in [0.717, 1.165) is 53.1 Å². The summed E-state index contributed by atoms with van der Waals surface area (Å²) in [7, 11) is -4.13. The van der Waals surface area contributed by atoms with Crippen molar-refractivity contribution in [3.8, 4) is 0 Å². The van der Waals surface area contributed by atoms with Crippen LogP contribution in [0.5, 0.6) is 0 Å². The van der Waals surface area contributed by atoms with Crippen molar-refractivity contribution in [2.45, 2.75) is 76.4 Å². The predicted molar refractivity (Wildman–Crippen MR) is 163 cm³/mol. The first-order valence-electron chi connectivity index (χ1n) is 14.0. The Kier molecular flexibility index (Phi) is 10.1. The average molecular weight is 596 g/mol. The summed E-state index contributed by atoms with van der Waals surface area (Å²) in [6, 6.07) is 19.9. The van der Waals surface area contributed by atoms with E-state index in [1.54, 1.807) is 31.2 Å². The second-order valence-electron chi connectivity index (χ2n) is 10.8. The van der Waals surface area contributed by atoms with Crippen molar-refractivity contribution in [1.29, 1.82) is 0 Å². The molecule has 1 atom stereocenters. The number of amides is 2. The molecule has 41 heavy (non-hydrogen) atoms. The largest absolute Gasteiger partial charge is 0.352 e. The number of nitrogens with one attached hydrogen (secondary N) is 1. The maximum atomic E-state index is 14.1. The first kappa shape index (κ1) is 30.6. The summed E-state index contributed by atoms with van der Waals surface area (Å²) in [5, 5.41) is 3.53. The highest BCUT2D eigenvalue weighted by Gasteiger charge is 2.33. The highest BCUT2D eigenvalue weighted by atomic mass is 35.5. The van der Waals surface area contributed by atoms with Gasteiger partial charge in [-0.15, -0.1) is 0 Å². The van der Waals surface area contributed by atoms with Crippen LogP contribution in [0.1, 0.15) is 55.7 Å². The SMILES string of the molecule is Cc1ccc(CN(C(=O)CN(c2ccc(C)cc2)S(=O)(=O)c2ccc(Cl)cc2)[C@@H](C)C(=O)NC2CCCCC2)cc1. The van der Waals surface area contributed by atoms with Gasteiger partial charge in [0.25, 0.3) is 10.0 Å². The smallest absolute Gasteiger partial charge is 0.264 e. The minimum Gasteiger partial charge on any atom is -0.352 e. The molecular weight excluding hydrogens is 558 g/mol. The highest BCUT2D eigenvalue weighted by molar-refractivity contribution is 7.92. The second-order valence-corrected chi connectivity index (χ2v) is 13.1. The second kappa shape index (κ2) is 13.5. The third-order valence-corrected chi connectivity index (χ3v) is 9.63. The molecule has 7 nitrogen and oxygen atoms in total. The van der Waals surface area contributed by atoms with Crippen LogP contribution in [0.15, 0.2) is 77.7 Å². The molecule has 0 saturated heterocycles. The molecule has 1 aliphatic carbocycles. The van der Waals surface area contributed by atoms with Crippen molar-refractivity contribution in [3.63, 3.8) is 0 Å². The van der Waals surface area contributed by atoms with Crippen LogP contribution in [-0.2, 0) is 26.2 Å². The zero-order valence-corrected chi connectivity index (χ0v) is 25.4. The normalized spacial score (nSPS) is 14.7. The summed E-state index contributed by atoms with van der Waals surface area (Å²) in [6.45, 7) is 5.28. The van der Waals surface area contributed by atoms with Crippen molar-refractivity contribution in [2.75, 3.05) is 10.8 Å². The molecule has 0 bridgehead atoms. The number of hydrogen-bond acceptors (Lipinski definition) is 4. The molecule has 2 amide bonds. The van der Waals surface area contributed by atoms with Crippen LogP contribution in [-0.4, -0.2) is 43.8 Å². The third-order valence-electron chi connectivity index (χ3n) is 7.59. The van der Waals surface area contributed by atoms with Gasteiger partial charge in [0.15, 0.2) is 0 Å². The lowest BCUT2D eigenvalue weighted by atomic mass is 9.95. The maximum Gasteiger partial charge on any atom is 0.264 e. The zero-order chi connectivity index (χ0) is 29.6. The number of hydrogen-bond donors (Lipinski definition) is 1. The van der Waals surface area contributed by atoms with E-state index in [0.29, 0.717) is 10.7 Å². The van der Waals surface area contributed by atoms with Gasteiger partial charge in [0, 0.05) is 17.6 Å². The number of halogens is 1. The van der Waals surface area contributed by atoms with Gasteiger partial charge in [-0.3, -0.25) is 13.9 Å². The molecule has 0 heterocycles. The number of nitrogens with zero attached hydrogens (tertiary/aromatic N) is 2. The topological polar surface area (TPSA) is 86.8 Å². The van der Waals surface area contributed by atoms with Gasteiger partial charge in [0.2, 0.25) is 11.8 Å². The molecule has 3 aromatic rings. The molecule has 0 radical (unpaired) electrons. The van der Waals surface area contributed by atoms with Gasteiger partial charge in [-0.1, -0.05) is 78.4 Å². The third kappa shape index (κ3) is 7.89. The fourth-order valence-corrected chi connectivity index (χ4v) is 6.56. The summed E-state index contributed by atoms with van der Waals surface area (Å²) in [4.78, 5) is 28.9. The van der Waals surface area contributed by atoms with E-state index in [2.05, 4.69) is 5.32 Å². The number of aryl methyl sites for hydroxylation is 2. The minimum absolute atomic E-state index is 0.0171. The zero-order valence-electron chi connectivity index (χ0n) is 23.8. The van der Waals surface area contributed by atoms with Crippen molar-refractivity contribution in [3.05, 3.63) is 94.5 Å². The molecule has 1 aliphatic rings. The molecule has 0 spiro atoms. The number of carbonyl (C=O) groups excluding carboxylic acids is 2. The number of benzene rings is 3. The van der Waals surface area contributed by atoms with Crippen LogP contribution in [0.4, 0.5) is 5.69 Å². The molecule has 9 heteroatoms. The Labute approximate surface area is 248 Å². The van der Waals surface area contributed by atoms with E-state index in [4.69, 9.17) is 11.6 Å². The summed E-state index contributed by atoms with van der Waals surface area (Å²) in [5.41, 5.74) is 3.24. The van der Waals surface area contributed by atoms with Gasteiger partial charge < -0.3 is 10.2 Å². The Morgan fingerprint density at radius 2 is 1.44 bits per heavy atom. The Morgan fingerprint density at radius 1 is 0.878 bits per heavy atom. The average Bonchev–Trinajstić information content (AvgIpc) is 2.96. The van der Waals surface area contributed by atoms with Crippen molar-refractivity contribution >= 4 is 39.1 Å². The minimum atomic E-state index is -4.13.